The fraction of sp³-hybridized carbons (Fsp3) is 0.250. The number of carbonyl (C=O) groups is 2. The van der Waals surface area contributed by atoms with Crippen molar-refractivity contribution in [2.45, 2.75) is 23.8 Å². The Bertz CT molecular complexity index is 926. The lowest BCUT2D eigenvalue weighted by Gasteiger charge is -2.48. The third-order valence-electron chi connectivity index (χ3n) is 4.24. The second-order valence-corrected chi connectivity index (χ2v) is 7.88. The molecule has 1 aliphatic rings. The van der Waals surface area contributed by atoms with Crippen LogP contribution in [-0.4, -0.2) is 37.2 Å². The van der Waals surface area contributed by atoms with Crippen molar-refractivity contribution in [2.75, 3.05) is 6.54 Å². The van der Waals surface area contributed by atoms with Gasteiger partial charge in [-0.3, -0.25) is 9.59 Å². The molecule has 2 amide bonds. The van der Waals surface area contributed by atoms with Gasteiger partial charge in [-0.1, -0.05) is 23.7 Å². The molecule has 7 nitrogen and oxygen atoms in total. The zero-order valence-corrected chi connectivity index (χ0v) is 14.8. The molecule has 1 N–H and O–H groups in total. The van der Waals surface area contributed by atoms with Crippen molar-refractivity contribution in [1.82, 2.24) is 9.62 Å². The minimum Gasteiger partial charge on any atom is -0.459 e. The van der Waals surface area contributed by atoms with E-state index in [2.05, 4.69) is 0 Å². The molecule has 1 unspecified atom stereocenters. The molecule has 132 valence electrons. The van der Waals surface area contributed by atoms with E-state index in [1.807, 2.05) is 4.72 Å². The lowest BCUT2D eigenvalue weighted by Crippen LogP contribution is -2.67. The fourth-order valence-electron chi connectivity index (χ4n) is 2.60. The third kappa shape index (κ3) is 3.03. The van der Waals surface area contributed by atoms with Crippen LogP contribution in [0.2, 0.25) is 5.02 Å². The molecule has 1 aromatic carbocycles. The Morgan fingerprint density at radius 1 is 1.24 bits per heavy atom. The first-order valence-electron chi connectivity index (χ1n) is 7.43. The molecule has 0 bridgehead atoms. The highest BCUT2D eigenvalue weighted by Crippen LogP contribution is 2.33. The van der Waals surface area contributed by atoms with Crippen LogP contribution in [0.4, 0.5) is 0 Å². The Morgan fingerprint density at radius 3 is 2.52 bits per heavy atom. The molecule has 0 spiro atoms. The number of amides is 2. The van der Waals surface area contributed by atoms with Crippen LogP contribution in [0, 0.1) is 0 Å². The van der Waals surface area contributed by atoms with Gasteiger partial charge in [0.2, 0.25) is 0 Å². The minimum absolute atomic E-state index is 0.00470. The summed E-state index contributed by atoms with van der Waals surface area (Å²) in [6, 6.07) is 8.85. The third-order valence-corrected chi connectivity index (χ3v) is 6.07. The van der Waals surface area contributed by atoms with Gasteiger partial charge in [0.05, 0.1) is 11.3 Å². The second-order valence-electron chi connectivity index (χ2n) is 5.82. The average Bonchev–Trinajstić information content (AvgIpc) is 3.07. The summed E-state index contributed by atoms with van der Waals surface area (Å²) in [7, 11) is -4.15. The Morgan fingerprint density at radius 2 is 1.96 bits per heavy atom. The van der Waals surface area contributed by atoms with Gasteiger partial charge in [-0.25, -0.2) is 13.1 Å². The first-order valence-corrected chi connectivity index (χ1v) is 9.29. The highest BCUT2D eigenvalue weighted by Gasteiger charge is 2.51. The molecule has 2 aromatic rings. The number of benzene rings is 1. The van der Waals surface area contributed by atoms with Crippen LogP contribution in [0.15, 0.2) is 52.0 Å². The predicted octanol–water partition coefficient (Wildman–Crippen LogP) is 2.04. The van der Waals surface area contributed by atoms with Gasteiger partial charge in [-0.2, -0.15) is 0 Å². The summed E-state index contributed by atoms with van der Waals surface area (Å²) in [5.41, 5.74) is -1.28. The molecular weight excluding hydrogens is 368 g/mol. The summed E-state index contributed by atoms with van der Waals surface area (Å²) >= 11 is 5.89. The van der Waals surface area contributed by atoms with Crippen molar-refractivity contribution < 1.29 is 22.4 Å². The molecule has 1 aromatic heterocycles. The number of nitrogens with zero attached hydrogens (tertiary/aromatic N) is 1. The number of carbonyl (C=O) groups excluding carboxylic acids is 2. The van der Waals surface area contributed by atoms with Crippen LogP contribution < -0.4 is 4.72 Å². The Kier molecular flexibility index (Phi) is 4.34. The normalized spacial score (nSPS) is 20.0. The van der Waals surface area contributed by atoms with E-state index in [4.69, 9.17) is 16.0 Å². The molecule has 9 heteroatoms. The summed E-state index contributed by atoms with van der Waals surface area (Å²) in [6.07, 6.45) is 1.69. The molecule has 1 aliphatic heterocycles. The van der Waals surface area contributed by atoms with Gasteiger partial charge >= 0.3 is 0 Å². The standard InChI is InChI=1S/C16H15ClN2O5S/c1-16(8-9-19(16)14(20)12-6-4-10-24-12)15(21)18-25(22,23)13-7-3-2-5-11(13)17/h2-7,10H,8-9H2,1H3,(H,18,21). The first kappa shape index (κ1) is 17.5. The van der Waals surface area contributed by atoms with E-state index in [0.29, 0.717) is 13.0 Å². The van der Waals surface area contributed by atoms with Gasteiger partial charge in [0, 0.05) is 6.54 Å². The number of sulfonamides is 1. The van der Waals surface area contributed by atoms with Gasteiger partial charge in [0.25, 0.3) is 21.8 Å². The topological polar surface area (TPSA) is 96.7 Å². The maximum Gasteiger partial charge on any atom is 0.290 e. The van der Waals surface area contributed by atoms with E-state index in [0.717, 1.165) is 0 Å². The summed E-state index contributed by atoms with van der Waals surface area (Å²) in [5, 5.41) is 0.00470. The number of halogens is 1. The summed E-state index contributed by atoms with van der Waals surface area (Å²) in [5.74, 6) is -1.17. The number of furan rings is 1. The van der Waals surface area contributed by atoms with Crippen LogP contribution in [0.3, 0.4) is 0 Å². The second kappa shape index (κ2) is 6.20. The van der Waals surface area contributed by atoms with Crippen LogP contribution in [0.1, 0.15) is 23.9 Å². The van der Waals surface area contributed by atoms with Crippen molar-refractivity contribution in [3.8, 4) is 0 Å². The van der Waals surface area contributed by atoms with Crippen LogP contribution in [0.25, 0.3) is 0 Å². The molecule has 3 rings (SSSR count). The van der Waals surface area contributed by atoms with E-state index >= 15 is 0 Å². The smallest absolute Gasteiger partial charge is 0.290 e. The SMILES string of the molecule is CC1(C(=O)NS(=O)(=O)c2ccccc2Cl)CCN1C(=O)c1ccco1. The Labute approximate surface area is 149 Å². The first-order chi connectivity index (χ1) is 11.8. The maximum absolute atomic E-state index is 12.6. The molecule has 0 aliphatic carbocycles. The predicted molar refractivity (Wildman–Crippen MR) is 89.5 cm³/mol. The molecule has 2 heterocycles. The largest absolute Gasteiger partial charge is 0.459 e. The monoisotopic (exact) mass is 382 g/mol. The van der Waals surface area contributed by atoms with Crippen LogP contribution >= 0.6 is 11.6 Å². The molecule has 0 radical (unpaired) electrons. The molecule has 1 saturated heterocycles. The number of hydrogen-bond acceptors (Lipinski definition) is 5. The van der Waals surface area contributed by atoms with Crippen LogP contribution in [-0.2, 0) is 14.8 Å². The van der Waals surface area contributed by atoms with E-state index in [1.165, 1.54) is 42.4 Å². The molecule has 1 fully saturated rings. The highest BCUT2D eigenvalue weighted by atomic mass is 35.5. The molecule has 25 heavy (non-hydrogen) atoms. The zero-order valence-electron chi connectivity index (χ0n) is 13.2. The van der Waals surface area contributed by atoms with E-state index < -0.39 is 27.4 Å². The van der Waals surface area contributed by atoms with E-state index in [-0.39, 0.29) is 15.7 Å². The maximum atomic E-state index is 12.6. The van der Waals surface area contributed by atoms with Crippen molar-refractivity contribution in [3.63, 3.8) is 0 Å². The number of likely N-dealkylation sites (tertiary alicyclic amines) is 1. The van der Waals surface area contributed by atoms with Crippen molar-refractivity contribution in [3.05, 3.63) is 53.4 Å². The lowest BCUT2D eigenvalue weighted by atomic mass is 9.85. The van der Waals surface area contributed by atoms with Gasteiger partial charge in [-0.15, -0.1) is 0 Å². The van der Waals surface area contributed by atoms with Crippen molar-refractivity contribution in [1.29, 1.82) is 0 Å². The van der Waals surface area contributed by atoms with Crippen molar-refractivity contribution in [2.24, 2.45) is 0 Å². The highest BCUT2D eigenvalue weighted by molar-refractivity contribution is 7.90. The Balaban J connectivity index is 1.81. The van der Waals surface area contributed by atoms with Crippen molar-refractivity contribution >= 4 is 33.4 Å². The summed E-state index contributed by atoms with van der Waals surface area (Å²) in [6.45, 7) is 1.84. The van der Waals surface area contributed by atoms with Gasteiger partial charge < -0.3 is 9.32 Å². The van der Waals surface area contributed by atoms with E-state index in [9.17, 15) is 18.0 Å². The fourth-order valence-corrected chi connectivity index (χ4v) is 4.20. The number of nitrogens with one attached hydrogen (secondary N) is 1. The minimum atomic E-state index is -4.15. The molecule has 1 atom stereocenters. The molecular formula is C16H15ClN2O5S. The Hall–Kier alpha value is -2.32. The average molecular weight is 383 g/mol. The summed E-state index contributed by atoms with van der Waals surface area (Å²) < 4.78 is 31.9. The number of rotatable bonds is 4. The van der Waals surface area contributed by atoms with Gasteiger partial charge in [0.15, 0.2) is 5.76 Å². The lowest BCUT2D eigenvalue weighted by molar-refractivity contribution is -0.135. The summed E-state index contributed by atoms with van der Waals surface area (Å²) in [4.78, 5) is 26.0. The number of hydrogen-bond donors (Lipinski definition) is 1. The van der Waals surface area contributed by atoms with Gasteiger partial charge in [0.1, 0.15) is 10.4 Å². The van der Waals surface area contributed by atoms with Gasteiger partial charge in [-0.05, 0) is 37.6 Å². The molecule has 0 saturated carbocycles. The zero-order chi connectivity index (χ0) is 18.2. The van der Waals surface area contributed by atoms with Crippen LogP contribution in [0.5, 0.6) is 0 Å². The van der Waals surface area contributed by atoms with E-state index in [1.54, 1.807) is 12.1 Å². The quantitative estimate of drug-likeness (QED) is 0.872.